The fraction of sp³-hybridized carbons (Fsp3) is 0.571. The Morgan fingerprint density at radius 3 is 2.56 bits per heavy atom. The normalized spacial score (nSPS) is 17.4. The van der Waals surface area contributed by atoms with Gasteiger partial charge >= 0.3 is 0 Å². The van der Waals surface area contributed by atoms with Crippen LogP contribution < -0.4 is 0 Å². The van der Waals surface area contributed by atoms with E-state index in [0.717, 1.165) is 48.9 Å². The number of aliphatic hydroxyl groups is 1. The number of carbonyl (C=O) groups excluding carboxylic acids is 1. The van der Waals surface area contributed by atoms with Gasteiger partial charge in [0.05, 0.1) is 11.6 Å². The van der Waals surface area contributed by atoms with E-state index < -0.39 is 0 Å². The molecule has 1 aromatic heterocycles. The van der Waals surface area contributed by atoms with Crippen molar-refractivity contribution in [3.05, 3.63) is 35.5 Å². The molecular formula is C21H30N2O2. The summed E-state index contributed by atoms with van der Waals surface area (Å²) in [6, 6.07) is 8.18. The van der Waals surface area contributed by atoms with E-state index in [2.05, 4.69) is 32.9 Å². The van der Waals surface area contributed by atoms with Crippen LogP contribution in [0.2, 0.25) is 0 Å². The SMILES string of the molecule is Cc1cccc2cc(C(=O)N3CCC([C@H](O)CC(C)C)CC3)n(C)c12. The molecule has 0 bridgehead atoms. The van der Waals surface area contributed by atoms with Crippen LogP contribution in [0.4, 0.5) is 0 Å². The Hall–Kier alpha value is -1.81. The van der Waals surface area contributed by atoms with Gasteiger partial charge in [-0.25, -0.2) is 0 Å². The number of amides is 1. The lowest BCUT2D eigenvalue weighted by atomic mass is 9.87. The maximum atomic E-state index is 13.0. The van der Waals surface area contributed by atoms with Gasteiger partial charge in [-0.15, -0.1) is 0 Å². The summed E-state index contributed by atoms with van der Waals surface area (Å²) in [5.74, 6) is 0.935. The molecule has 0 radical (unpaired) electrons. The first-order valence-electron chi connectivity index (χ1n) is 9.41. The minimum atomic E-state index is -0.238. The van der Waals surface area contributed by atoms with Crippen LogP contribution in [-0.2, 0) is 7.05 Å². The number of hydrogen-bond donors (Lipinski definition) is 1. The number of likely N-dealkylation sites (tertiary alicyclic amines) is 1. The molecule has 2 aromatic rings. The zero-order valence-corrected chi connectivity index (χ0v) is 15.8. The molecule has 3 rings (SSSR count). The summed E-state index contributed by atoms with van der Waals surface area (Å²) in [5.41, 5.74) is 3.08. The molecule has 2 heterocycles. The molecule has 1 aromatic carbocycles. The number of para-hydroxylation sites is 1. The summed E-state index contributed by atoms with van der Waals surface area (Å²) < 4.78 is 2.02. The van der Waals surface area contributed by atoms with Gasteiger partial charge in [-0.1, -0.05) is 32.0 Å². The Balaban J connectivity index is 1.71. The molecule has 1 saturated heterocycles. The summed E-state index contributed by atoms with van der Waals surface area (Å²) in [4.78, 5) is 14.9. The number of rotatable bonds is 4. The molecule has 1 aliphatic heterocycles. The molecule has 0 saturated carbocycles. The first-order chi connectivity index (χ1) is 11.9. The molecule has 4 nitrogen and oxygen atoms in total. The maximum Gasteiger partial charge on any atom is 0.270 e. The second-order valence-electron chi connectivity index (χ2n) is 7.93. The predicted octanol–water partition coefficient (Wildman–Crippen LogP) is 3.75. The third-order valence-corrected chi connectivity index (χ3v) is 5.56. The van der Waals surface area contributed by atoms with E-state index >= 15 is 0 Å². The summed E-state index contributed by atoms with van der Waals surface area (Å²) in [6.45, 7) is 7.84. The van der Waals surface area contributed by atoms with E-state index in [9.17, 15) is 9.90 Å². The standard InChI is InChI=1S/C21H30N2O2/c1-14(2)12-19(24)16-8-10-23(11-9-16)21(25)18-13-17-7-5-6-15(3)20(17)22(18)4/h5-7,13-14,16,19,24H,8-12H2,1-4H3/t19-/m1/s1. The zero-order valence-electron chi connectivity index (χ0n) is 15.8. The lowest BCUT2D eigenvalue weighted by molar-refractivity contribution is 0.0381. The quantitative estimate of drug-likeness (QED) is 0.920. The van der Waals surface area contributed by atoms with Crippen LogP contribution >= 0.6 is 0 Å². The molecule has 1 N–H and O–H groups in total. The van der Waals surface area contributed by atoms with E-state index in [-0.39, 0.29) is 12.0 Å². The lowest BCUT2D eigenvalue weighted by Gasteiger charge is -2.34. The van der Waals surface area contributed by atoms with Gasteiger partial charge in [0.2, 0.25) is 0 Å². The summed E-state index contributed by atoms with van der Waals surface area (Å²) in [5, 5.41) is 11.5. The number of nitrogens with zero attached hydrogens (tertiary/aromatic N) is 2. The van der Waals surface area contributed by atoms with Crippen LogP contribution in [0.25, 0.3) is 10.9 Å². The van der Waals surface area contributed by atoms with Crippen LogP contribution in [0.1, 0.15) is 49.2 Å². The summed E-state index contributed by atoms with van der Waals surface area (Å²) >= 11 is 0. The third kappa shape index (κ3) is 3.59. The van der Waals surface area contributed by atoms with Crippen molar-refractivity contribution in [1.82, 2.24) is 9.47 Å². The monoisotopic (exact) mass is 342 g/mol. The molecule has 0 unspecified atom stereocenters. The Labute approximate surface area is 150 Å². The van der Waals surface area contributed by atoms with Gasteiger partial charge in [-0.3, -0.25) is 4.79 Å². The van der Waals surface area contributed by atoms with E-state index in [0.29, 0.717) is 11.8 Å². The van der Waals surface area contributed by atoms with E-state index in [1.165, 1.54) is 5.56 Å². The highest BCUT2D eigenvalue weighted by atomic mass is 16.3. The molecule has 1 fully saturated rings. The van der Waals surface area contributed by atoms with Crippen molar-refractivity contribution >= 4 is 16.8 Å². The minimum absolute atomic E-state index is 0.106. The van der Waals surface area contributed by atoms with Crippen molar-refractivity contribution < 1.29 is 9.90 Å². The fourth-order valence-electron chi connectivity index (χ4n) is 4.15. The van der Waals surface area contributed by atoms with Gasteiger partial charge in [0, 0.05) is 25.5 Å². The van der Waals surface area contributed by atoms with Crippen LogP contribution in [0.3, 0.4) is 0 Å². The fourth-order valence-corrected chi connectivity index (χ4v) is 4.15. The van der Waals surface area contributed by atoms with Gasteiger partial charge < -0.3 is 14.6 Å². The number of hydrogen-bond acceptors (Lipinski definition) is 2. The Morgan fingerprint density at radius 2 is 1.96 bits per heavy atom. The topological polar surface area (TPSA) is 45.5 Å². The summed E-state index contributed by atoms with van der Waals surface area (Å²) in [7, 11) is 1.97. The number of carbonyl (C=O) groups is 1. The van der Waals surface area contributed by atoms with Gasteiger partial charge in [-0.2, -0.15) is 0 Å². The average Bonchev–Trinajstić information content (AvgIpc) is 2.92. The average molecular weight is 342 g/mol. The van der Waals surface area contributed by atoms with Crippen molar-refractivity contribution in [3.8, 4) is 0 Å². The summed E-state index contributed by atoms with van der Waals surface area (Å²) in [6.07, 6.45) is 2.39. The highest BCUT2D eigenvalue weighted by molar-refractivity contribution is 5.99. The number of benzene rings is 1. The van der Waals surface area contributed by atoms with Gasteiger partial charge in [0.25, 0.3) is 5.91 Å². The minimum Gasteiger partial charge on any atom is -0.393 e. The Morgan fingerprint density at radius 1 is 1.28 bits per heavy atom. The van der Waals surface area contributed by atoms with Crippen molar-refractivity contribution in [3.63, 3.8) is 0 Å². The van der Waals surface area contributed by atoms with E-state index in [4.69, 9.17) is 0 Å². The largest absolute Gasteiger partial charge is 0.393 e. The predicted molar refractivity (Wildman–Crippen MR) is 102 cm³/mol. The molecule has 1 aliphatic rings. The lowest BCUT2D eigenvalue weighted by Crippen LogP contribution is -2.42. The van der Waals surface area contributed by atoms with Crippen LogP contribution in [0, 0.1) is 18.8 Å². The molecule has 0 aliphatic carbocycles. The van der Waals surface area contributed by atoms with E-state index in [1.54, 1.807) is 0 Å². The van der Waals surface area contributed by atoms with Crippen molar-refractivity contribution in [2.45, 2.75) is 46.1 Å². The van der Waals surface area contributed by atoms with Crippen LogP contribution in [0.5, 0.6) is 0 Å². The first kappa shape index (κ1) is 18.0. The molecule has 4 heteroatoms. The van der Waals surface area contributed by atoms with E-state index in [1.807, 2.05) is 28.6 Å². The molecule has 136 valence electrons. The van der Waals surface area contributed by atoms with Gasteiger partial charge in [0.15, 0.2) is 0 Å². The number of fused-ring (bicyclic) bond motifs is 1. The smallest absolute Gasteiger partial charge is 0.270 e. The zero-order chi connectivity index (χ0) is 18.1. The number of aromatic nitrogens is 1. The van der Waals surface area contributed by atoms with Gasteiger partial charge in [-0.05, 0) is 49.7 Å². The van der Waals surface area contributed by atoms with Crippen LogP contribution in [0.15, 0.2) is 24.3 Å². The van der Waals surface area contributed by atoms with Crippen molar-refractivity contribution in [1.29, 1.82) is 0 Å². The Bertz CT molecular complexity index is 755. The van der Waals surface area contributed by atoms with Crippen molar-refractivity contribution in [2.24, 2.45) is 18.9 Å². The first-order valence-corrected chi connectivity index (χ1v) is 9.41. The second-order valence-corrected chi connectivity index (χ2v) is 7.93. The second kappa shape index (κ2) is 7.20. The highest BCUT2D eigenvalue weighted by Crippen LogP contribution is 2.27. The molecule has 0 spiro atoms. The molecular weight excluding hydrogens is 312 g/mol. The maximum absolute atomic E-state index is 13.0. The number of aliphatic hydroxyl groups excluding tert-OH is 1. The van der Waals surface area contributed by atoms with Gasteiger partial charge in [0.1, 0.15) is 5.69 Å². The third-order valence-electron chi connectivity index (χ3n) is 5.56. The highest BCUT2D eigenvalue weighted by Gasteiger charge is 2.29. The molecule has 1 atom stereocenters. The Kier molecular flexibility index (Phi) is 5.19. The molecule has 25 heavy (non-hydrogen) atoms. The number of piperidine rings is 1. The van der Waals surface area contributed by atoms with Crippen LogP contribution in [-0.4, -0.2) is 39.7 Å². The van der Waals surface area contributed by atoms with Crippen molar-refractivity contribution in [2.75, 3.05) is 13.1 Å². The number of aryl methyl sites for hydroxylation is 2. The molecule has 1 amide bonds.